The molecule has 0 aliphatic heterocycles. The Bertz CT molecular complexity index is 73.5. The molecule has 0 amide bonds. The van der Waals surface area contributed by atoms with Crippen molar-refractivity contribution in [2.24, 2.45) is 0 Å². The number of rotatable bonds is 2. The molecule has 0 rings (SSSR count). The van der Waals surface area contributed by atoms with Crippen molar-refractivity contribution in [2.45, 2.75) is 26.3 Å². The summed E-state index contributed by atoms with van der Waals surface area (Å²) in [4.78, 5) is 0. The summed E-state index contributed by atoms with van der Waals surface area (Å²) < 4.78 is 0. The van der Waals surface area contributed by atoms with E-state index in [0.717, 1.165) is 0 Å². The molecule has 0 aliphatic rings. The fourth-order valence-electron chi connectivity index (χ4n) is 0.327. The topological polar surface area (TPSA) is 14.1 Å². The van der Waals surface area contributed by atoms with Crippen molar-refractivity contribution < 1.29 is 19.5 Å². The summed E-state index contributed by atoms with van der Waals surface area (Å²) in [5, 5.41) is 4.19. The van der Waals surface area contributed by atoms with E-state index in [2.05, 4.69) is 26.1 Å². The molecule has 0 atom stereocenters. The molecule has 0 fully saturated rings. The molecule has 0 unspecified atom stereocenters. The maximum absolute atomic E-state index is 5.12. The van der Waals surface area contributed by atoms with Gasteiger partial charge < -0.3 is 11.9 Å². The van der Waals surface area contributed by atoms with Crippen LogP contribution in [0.4, 0.5) is 0 Å². The van der Waals surface area contributed by atoms with Gasteiger partial charge in [-0.3, -0.25) is 6.08 Å². The van der Waals surface area contributed by atoms with Crippen LogP contribution in [0, 0.1) is 6.58 Å². The van der Waals surface area contributed by atoms with Crippen molar-refractivity contribution in [1.82, 2.24) is 0 Å². The van der Waals surface area contributed by atoms with Crippen LogP contribution in [0.25, 0.3) is 5.32 Å². The van der Waals surface area contributed by atoms with Gasteiger partial charge in [-0.1, -0.05) is 20.8 Å². The van der Waals surface area contributed by atoms with Gasteiger partial charge in [-0.2, -0.15) is 6.54 Å². The maximum Gasteiger partial charge on any atom is 2.00 e. The Morgan fingerprint density at radius 2 is 1.89 bits per heavy atom. The molecule has 0 radical (unpaired) electrons. The summed E-state index contributed by atoms with van der Waals surface area (Å²) in [6.07, 6.45) is 1.56. The van der Waals surface area contributed by atoms with Crippen molar-refractivity contribution in [3.8, 4) is 0 Å². The maximum atomic E-state index is 5.12. The Labute approximate surface area is 70.7 Å². The molecule has 0 saturated carbocycles. The number of hydrogen-bond acceptors (Lipinski definition) is 0. The van der Waals surface area contributed by atoms with E-state index in [4.69, 9.17) is 6.58 Å². The molecule has 0 aromatic carbocycles. The van der Waals surface area contributed by atoms with Crippen LogP contribution in [-0.4, -0.2) is 12.1 Å². The van der Waals surface area contributed by atoms with Gasteiger partial charge in [0.15, 0.2) is 0 Å². The molecule has 0 bridgehead atoms. The SMILES string of the molecule is [CH-]=CC[N-]C(C)(C)C.[Zn+2]. The molecule has 0 aromatic rings. The number of nitrogens with zero attached hydrogens (tertiary/aromatic N) is 1. The van der Waals surface area contributed by atoms with E-state index in [1.807, 2.05) is 0 Å². The minimum Gasteiger partial charge on any atom is -0.656 e. The summed E-state index contributed by atoms with van der Waals surface area (Å²) in [5.41, 5.74) is 0.0653. The van der Waals surface area contributed by atoms with Crippen molar-refractivity contribution in [3.63, 3.8) is 0 Å². The Morgan fingerprint density at radius 1 is 1.44 bits per heavy atom. The zero-order chi connectivity index (χ0) is 6.62. The molecule has 0 saturated heterocycles. The molecular formula is C7H13NZn. The van der Waals surface area contributed by atoms with E-state index in [1.54, 1.807) is 6.08 Å². The van der Waals surface area contributed by atoms with Crippen LogP contribution in [0.15, 0.2) is 6.08 Å². The van der Waals surface area contributed by atoms with Gasteiger partial charge in [-0.15, -0.1) is 5.54 Å². The first-order valence-electron chi connectivity index (χ1n) is 2.78. The standard InChI is InChI=1S/C7H13N.Zn/c1-5-6-8-7(2,3)4;/h1,5H,6H2,2-4H3;/q-2;+2. The zero-order valence-corrected chi connectivity index (χ0v) is 9.48. The largest absolute Gasteiger partial charge is 2.00 e. The quantitative estimate of drug-likeness (QED) is 0.452. The fraction of sp³-hybridized carbons (Fsp3) is 0.714. The zero-order valence-electron chi connectivity index (χ0n) is 6.52. The minimum absolute atomic E-state index is 0. The van der Waals surface area contributed by atoms with Crippen molar-refractivity contribution in [1.29, 1.82) is 0 Å². The Hall–Kier alpha value is 0.323. The van der Waals surface area contributed by atoms with Crippen LogP contribution in [0.5, 0.6) is 0 Å². The first kappa shape index (κ1) is 12.0. The van der Waals surface area contributed by atoms with Gasteiger partial charge in [0.1, 0.15) is 0 Å². The molecule has 0 heterocycles. The Kier molecular flexibility index (Phi) is 6.87. The molecular weight excluding hydrogens is 163 g/mol. The van der Waals surface area contributed by atoms with Gasteiger partial charge >= 0.3 is 19.5 Å². The first-order valence-corrected chi connectivity index (χ1v) is 2.78. The third-order valence-electron chi connectivity index (χ3n) is 0.671. The monoisotopic (exact) mass is 175 g/mol. The molecule has 0 spiro atoms. The van der Waals surface area contributed by atoms with Crippen LogP contribution in [0.3, 0.4) is 0 Å². The van der Waals surface area contributed by atoms with Crippen molar-refractivity contribution >= 4 is 0 Å². The average molecular weight is 177 g/mol. The third-order valence-corrected chi connectivity index (χ3v) is 0.671. The van der Waals surface area contributed by atoms with Gasteiger partial charge in [0, 0.05) is 0 Å². The van der Waals surface area contributed by atoms with Crippen LogP contribution in [-0.2, 0) is 19.5 Å². The van der Waals surface area contributed by atoms with E-state index in [9.17, 15) is 0 Å². The third kappa shape index (κ3) is 11.7. The van der Waals surface area contributed by atoms with Crippen molar-refractivity contribution in [2.75, 3.05) is 6.54 Å². The normalized spacial score (nSPS) is 10.1. The first-order chi connectivity index (χ1) is 3.56. The summed E-state index contributed by atoms with van der Waals surface area (Å²) in [6.45, 7) is 11.9. The van der Waals surface area contributed by atoms with E-state index in [1.165, 1.54) is 0 Å². The second-order valence-corrected chi connectivity index (χ2v) is 2.75. The molecule has 1 nitrogen and oxygen atoms in total. The number of hydrogen-bond donors (Lipinski definition) is 0. The fourth-order valence-corrected chi connectivity index (χ4v) is 0.327. The van der Waals surface area contributed by atoms with Crippen LogP contribution < -0.4 is 0 Å². The predicted molar refractivity (Wildman–Crippen MR) is 36.8 cm³/mol. The van der Waals surface area contributed by atoms with Gasteiger partial charge in [-0.25, -0.2) is 0 Å². The van der Waals surface area contributed by atoms with Gasteiger partial charge in [0.05, 0.1) is 0 Å². The van der Waals surface area contributed by atoms with E-state index in [-0.39, 0.29) is 25.0 Å². The minimum atomic E-state index is 0. The molecule has 48 valence electrons. The summed E-state index contributed by atoms with van der Waals surface area (Å²) in [5.74, 6) is 0. The molecule has 0 N–H and O–H groups in total. The summed E-state index contributed by atoms with van der Waals surface area (Å²) in [7, 11) is 0. The van der Waals surface area contributed by atoms with Gasteiger partial charge in [0.25, 0.3) is 0 Å². The van der Waals surface area contributed by atoms with Crippen LogP contribution >= 0.6 is 0 Å². The molecule has 2 heteroatoms. The second kappa shape index (κ2) is 5.14. The smallest absolute Gasteiger partial charge is 0.656 e. The van der Waals surface area contributed by atoms with Crippen molar-refractivity contribution in [3.05, 3.63) is 18.0 Å². The van der Waals surface area contributed by atoms with E-state index in [0.29, 0.717) is 6.54 Å². The molecule has 9 heavy (non-hydrogen) atoms. The second-order valence-electron chi connectivity index (χ2n) is 2.75. The summed E-state index contributed by atoms with van der Waals surface area (Å²) in [6, 6.07) is 0. The van der Waals surface area contributed by atoms with Gasteiger partial charge in [-0.05, 0) is 0 Å². The Balaban J connectivity index is 0. The predicted octanol–water partition coefficient (Wildman–Crippen LogP) is 2.15. The average Bonchev–Trinajstić information content (AvgIpc) is 1.59. The summed E-state index contributed by atoms with van der Waals surface area (Å²) >= 11 is 0. The van der Waals surface area contributed by atoms with Gasteiger partial charge in [0.2, 0.25) is 0 Å². The molecule has 0 aliphatic carbocycles. The Morgan fingerprint density at radius 3 is 2.00 bits per heavy atom. The van der Waals surface area contributed by atoms with E-state index < -0.39 is 0 Å². The molecule has 0 aromatic heterocycles. The van der Waals surface area contributed by atoms with Crippen LogP contribution in [0.1, 0.15) is 20.8 Å². The van der Waals surface area contributed by atoms with E-state index >= 15 is 0 Å². The van der Waals surface area contributed by atoms with Crippen LogP contribution in [0.2, 0.25) is 0 Å².